The summed E-state index contributed by atoms with van der Waals surface area (Å²) in [6.07, 6.45) is 3.08. The molecule has 1 aromatic rings. The quantitative estimate of drug-likeness (QED) is 0.640. The molecule has 2 heterocycles. The van der Waals surface area contributed by atoms with E-state index in [0.29, 0.717) is 19.3 Å². The van der Waals surface area contributed by atoms with Gasteiger partial charge in [0, 0.05) is 20.0 Å². The zero-order valence-electron chi connectivity index (χ0n) is 23.9. The van der Waals surface area contributed by atoms with E-state index in [4.69, 9.17) is 0 Å². The third-order valence-corrected chi connectivity index (χ3v) is 8.05. The van der Waals surface area contributed by atoms with Crippen molar-refractivity contribution in [3.63, 3.8) is 0 Å². The van der Waals surface area contributed by atoms with Crippen LogP contribution in [-0.4, -0.2) is 65.0 Å². The van der Waals surface area contributed by atoms with E-state index < -0.39 is 23.5 Å². The first-order valence-corrected chi connectivity index (χ1v) is 13.6. The zero-order valence-corrected chi connectivity index (χ0v) is 23.9. The first-order valence-electron chi connectivity index (χ1n) is 13.6. The number of aryl methyl sites for hydroxylation is 2. The van der Waals surface area contributed by atoms with E-state index in [9.17, 15) is 24.4 Å². The Kier molecular flexibility index (Phi) is 8.70. The number of nitriles is 1. The largest absolute Gasteiger partial charge is 0.345 e. The van der Waals surface area contributed by atoms with Gasteiger partial charge in [-0.1, -0.05) is 39.0 Å². The fourth-order valence-electron chi connectivity index (χ4n) is 5.84. The third kappa shape index (κ3) is 6.09. The number of amides is 3. The van der Waals surface area contributed by atoms with Gasteiger partial charge in [-0.3, -0.25) is 19.2 Å². The van der Waals surface area contributed by atoms with E-state index in [0.717, 1.165) is 29.5 Å². The number of likely N-dealkylation sites (N-methyl/N-ethyl adjacent to an activating group) is 1. The van der Waals surface area contributed by atoms with Gasteiger partial charge in [0.1, 0.15) is 23.9 Å². The van der Waals surface area contributed by atoms with Crippen molar-refractivity contribution in [2.75, 3.05) is 13.6 Å². The maximum Gasteiger partial charge on any atom is 0.246 e. The molecule has 1 saturated heterocycles. The molecule has 38 heavy (non-hydrogen) atoms. The molecule has 1 N–H and O–H groups in total. The van der Waals surface area contributed by atoms with Crippen molar-refractivity contribution in [1.82, 2.24) is 15.1 Å². The fourth-order valence-corrected chi connectivity index (χ4v) is 5.84. The lowest BCUT2D eigenvalue weighted by Gasteiger charge is -2.37. The molecule has 8 nitrogen and oxygen atoms in total. The van der Waals surface area contributed by atoms with Crippen LogP contribution in [0.4, 0.5) is 0 Å². The number of nitrogens with one attached hydrogen (secondary N) is 1. The highest BCUT2D eigenvalue weighted by Crippen LogP contribution is 2.42. The Morgan fingerprint density at radius 1 is 1.16 bits per heavy atom. The molecule has 3 rings (SSSR count). The van der Waals surface area contributed by atoms with Gasteiger partial charge in [0.2, 0.25) is 17.7 Å². The predicted octanol–water partition coefficient (Wildman–Crippen LogP) is 3.44. The second kappa shape index (κ2) is 11.3. The zero-order chi connectivity index (χ0) is 28.4. The summed E-state index contributed by atoms with van der Waals surface area (Å²) in [6, 6.07) is 5.92. The maximum absolute atomic E-state index is 14.2. The molecular weight excluding hydrogens is 480 g/mol. The van der Waals surface area contributed by atoms with Gasteiger partial charge < -0.3 is 15.1 Å². The molecule has 0 radical (unpaired) electrons. The van der Waals surface area contributed by atoms with Crippen molar-refractivity contribution in [3.8, 4) is 6.07 Å². The number of Topliss-reactive ketones (excluding diaryl/α,β-unsaturated/α-hetero) is 1. The van der Waals surface area contributed by atoms with Gasteiger partial charge in [-0.05, 0) is 75.0 Å². The summed E-state index contributed by atoms with van der Waals surface area (Å²) in [5, 5.41) is 12.9. The lowest BCUT2D eigenvalue weighted by Crippen LogP contribution is -2.56. The molecule has 0 unspecified atom stereocenters. The van der Waals surface area contributed by atoms with Gasteiger partial charge in [-0.25, -0.2) is 0 Å². The van der Waals surface area contributed by atoms with Crippen LogP contribution in [0.5, 0.6) is 0 Å². The van der Waals surface area contributed by atoms with Gasteiger partial charge in [0.05, 0.1) is 11.5 Å². The first kappa shape index (κ1) is 29.3. The second-order valence-electron chi connectivity index (χ2n) is 12.3. The fraction of sp³-hybridized carbons (Fsp3) is 0.633. The molecule has 4 atom stereocenters. The van der Waals surface area contributed by atoms with Gasteiger partial charge in [-0.15, -0.1) is 0 Å². The Hall–Kier alpha value is -3.21. The average molecular weight is 523 g/mol. The molecule has 1 fully saturated rings. The monoisotopic (exact) mass is 522 g/mol. The summed E-state index contributed by atoms with van der Waals surface area (Å²) in [5.74, 6) is -0.985. The van der Waals surface area contributed by atoms with Gasteiger partial charge in [-0.2, -0.15) is 5.26 Å². The van der Waals surface area contributed by atoms with Crippen LogP contribution in [0.1, 0.15) is 83.4 Å². The van der Waals surface area contributed by atoms with Crippen LogP contribution in [0.15, 0.2) is 18.2 Å². The number of nitrogens with zero attached hydrogens (tertiary/aromatic N) is 3. The van der Waals surface area contributed by atoms with Crippen molar-refractivity contribution in [3.05, 3.63) is 34.9 Å². The van der Waals surface area contributed by atoms with Crippen molar-refractivity contribution in [2.45, 2.75) is 104 Å². The van der Waals surface area contributed by atoms with Crippen LogP contribution in [0.3, 0.4) is 0 Å². The Bertz CT molecular complexity index is 1150. The number of benzene rings is 1. The summed E-state index contributed by atoms with van der Waals surface area (Å²) in [7, 11) is 1.58. The standard InChI is InChI=1S/C30H42N4O4/c1-19-12-13-22-10-8-9-11-26(36)32-20(2)27(37)33(7)25(16-29(4,5)6)28(38)34-18-30(21(3)35,24(19)14-22)15-23(34)17-31/h12-14,20,23,25H,8-11,15-16,18H2,1-7H3,(H,32,36)/t20-,23-,25-,30+/m0/s1. The summed E-state index contributed by atoms with van der Waals surface area (Å²) in [4.78, 5) is 56.4. The van der Waals surface area contributed by atoms with E-state index in [1.807, 2.05) is 45.9 Å². The summed E-state index contributed by atoms with van der Waals surface area (Å²) < 4.78 is 0. The smallest absolute Gasteiger partial charge is 0.246 e. The van der Waals surface area contributed by atoms with Gasteiger partial charge in [0.15, 0.2) is 0 Å². The van der Waals surface area contributed by atoms with Crippen LogP contribution in [0, 0.1) is 23.7 Å². The normalized spacial score (nSPS) is 27.5. The number of ketones is 1. The second-order valence-corrected chi connectivity index (χ2v) is 12.3. The molecule has 8 heteroatoms. The van der Waals surface area contributed by atoms with Crippen LogP contribution in [-0.2, 0) is 31.0 Å². The third-order valence-electron chi connectivity index (χ3n) is 8.05. The molecule has 0 aliphatic carbocycles. The minimum atomic E-state index is -0.996. The van der Waals surface area contributed by atoms with Gasteiger partial charge in [0.25, 0.3) is 0 Å². The molecule has 2 aliphatic heterocycles. The number of hydrogen-bond donors (Lipinski definition) is 1. The van der Waals surface area contributed by atoms with Crippen molar-refractivity contribution in [1.29, 1.82) is 5.26 Å². The highest BCUT2D eigenvalue weighted by molar-refractivity contribution is 5.94. The SMILES string of the molecule is CC(=O)[C@@]12C[C@@H](C#N)N(C1)C(=O)[C@H](CC(C)(C)C)N(C)C(=O)[C@H](C)NC(=O)CCCCc1ccc(C)c2c1. The molecule has 206 valence electrons. The highest BCUT2D eigenvalue weighted by Gasteiger charge is 2.52. The number of rotatable bonds is 2. The minimum Gasteiger partial charge on any atom is -0.345 e. The summed E-state index contributed by atoms with van der Waals surface area (Å²) in [6.45, 7) is 11.2. The Balaban J connectivity index is 2.15. The van der Waals surface area contributed by atoms with Crippen molar-refractivity contribution < 1.29 is 19.2 Å². The molecular formula is C30H42N4O4. The van der Waals surface area contributed by atoms with E-state index in [1.165, 1.54) is 16.7 Å². The van der Waals surface area contributed by atoms with E-state index >= 15 is 0 Å². The van der Waals surface area contributed by atoms with E-state index in [1.54, 1.807) is 14.0 Å². The van der Waals surface area contributed by atoms with E-state index in [-0.39, 0.29) is 41.9 Å². The Morgan fingerprint density at radius 3 is 2.42 bits per heavy atom. The number of carbonyl (C=O) groups is 4. The molecule has 0 spiro atoms. The van der Waals surface area contributed by atoms with Crippen LogP contribution < -0.4 is 5.32 Å². The van der Waals surface area contributed by atoms with Crippen molar-refractivity contribution >= 4 is 23.5 Å². The summed E-state index contributed by atoms with van der Waals surface area (Å²) >= 11 is 0. The molecule has 1 aromatic carbocycles. The summed E-state index contributed by atoms with van der Waals surface area (Å²) in [5.41, 5.74) is 1.56. The minimum absolute atomic E-state index is 0.0774. The highest BCUT2D eigenvalue weighted by atomic mass is 16.2. The van der Waals surface area contributed by atoms with Crippen LogP contribution in [0.25, 0.3) is 0 Å². The number of hydrogen-bond acceptors (Lipinski definition) is 5. The number of carbonyl (C=O) groups excluding carboxylic acids is 4. The van der Waals surface area contributed by atoms with Crippen LogP contribution >= 0.6 is 0 Å². The molecule has 3 amide bonds. The molecule has 4 bridgehead atoms. The van der Waals surface area contributed by atoms with Crippen molar-refractivity contribution in [2.24, 2.45) is 5.41 Å². The topological polar surface area (TPSA) is 111 Å². The van der Waals surface area contributed by atoms with Crippen LogP contribution in [0.2, 0.25) is 0 Å². The predicted molar refractivity (Wildman–Crippen MR) is 145 cm³/mol. The lowest BCUT2D eigenvalue weighted by atomic mass is 9.73. The molecule has 2 aliphatic rings. The lowest BCUT2D eigenvalue weighted by molar-refractivity contribution is -0.147. The first-order chi connectivity index (χ1) is 17.7. The maximum atomic E-state index is 14.2. The number of fused-ring (bicyclic) bond motifs is 5. The molecule has 0 aromatic heterocycles. The molecule has 0 saturated carbocycles. The Labute approximate surface area is 226 Å². The Morgan fingerprint density at radius 2 is 1.82 bits per heavy atom. The average Bonchev–Trinajstić information content (AvgIpc) is 3.25. The van der Waals surface area contributed by atoms with E-state index in [2.05, 4.69) is 11.4 Å². The van der Waals surface area contributed by atoms with Gasteiger partial charge >= 0.3 is 0 Å².